The number of anilines is 1. The number of hydrogen-bond donors (Lipinski definition) is 1. The first-order valence-corrected chi connectivity index (χ1v) is 6.81. The van der Waals surface area contributed by atoms with Gasteiger partial charge in [-0.3, -0.25) is 0 Å². The van der Waals surface area contributed by atoms with E-state index in [-0.39, 0.29) is 12.5 Å². The van der Waals surface area contributed by atoms with Gasteiger partial charge in [0.2, 0.25) is 6.79 Å². The molecule has 0 radical (unpaired) electrons. The lowest BCUT2D eigenvalue weighted by molar-refractivity contribution is 0.0592. The van der Waals surface area contributed by atoms with Crippen LogP contribution in [0.4, 0.5) is 5.82 Å². The number of methoxy groups -OCH3 is 1. The van der Waals surface area contributed by atoms with Crippen LogP contribution >= 0.6 is 0 Å². The number of esters is 1. The van der Waals surface area contributed by atoms with Crippen LogP contribution < -0.4 is 14.8 Å². The molecule has 0 spiro atoms. The van der Waals surface area contributed by atoms with E-state index in [4.69, 9.17) is 9.47 Å². The maximum Gasteiger partial charge on any atom is 0.358 e. The summed E-state index contributed by atoms with van der Waals surface area (Å²) in [6, 6.07) is 9.14. The van der Waals surface area contributed by atoms with Gasteiger partial charge in [-0.25, -0.2) is 4.79 Å². The highest BCUT2D eigenvalue weighted by Crippen LogP contribution is 2.32. The second kappa shape index (κ2) is 6.30. The zero-order valence-corrected chi connectivity index (χ0v) is 12.0. The molecule has 1 aliphatic rings. The summed E-state index contributed by atoms with van der Waals surface area (Å²) < 4.78 is 15.2. The van der Waals surface area contributed by atoms with Crippen molar-refractivity contribution >= 4 is 11.8 Å². The SMILES string of the molecule is COC(=O)c1ccc(NCCc2ccc3c(c2)OCO3)nn1. The van der Waals surface area contributed by atoms with Crippen LogP contribution in [0.3, 0.4) is 0 Å². The Bertz CT molecular complexity index is 673. The summed E-state index contributed by atoms with van der Waals surface area (Å²) in [6.45, 7) is 0.963. The van der Waals surface area contributed by atoms with E-state index in [2.05, 4.69) is 20.3 Å². The predicted molar refractivity (Wildman–Crippen MR) is 78.1 cm³/mol. The van der Waals surface area contributed by atoms with E-state index in [1.807, 2.05) is 18.2 Å². The molecular formula is C15H15N3O4. The van der Waals surface area contributed by atoms with Crippen molar-refractivity contribution in [2.75, 3.05) is 25.8 Å². The highest BCUT2D eigenvalue weighted by Gasteiger charge is 2.13. The number of ether oxygens (including phenoxy) is 3. The fraction of sp³-hybridized carbons (Fsp3) is 0.267. The maximum absolute atomic E-state index is 11.2. The highest BCUT2D eigenvalue weighted by molar-refractivity contribution is 5.86. The van der Waals surface area contributed by atoms with Crippen LogP contribution in [0.1, 0.15) is 16.1 Å². The summed E-state index contributed by atoms with van der Waals surface area (Å²) in [4.78, 5) is 11.2. The number of carbonyl (C=O) groups is 1. The van der Waals surface area contributed by atoms with Crippen molar-refractivity contribution in [1.29, 1.82) is 0 Å². The van der Waals surface area contributed by atoms with Gasteiger partial charge in [0.25, 0.3) is 0 Å². The van der Waals surface area contributed by atoms with Gasteiger partial charge in [-0.05, 0) is 36.2 Å². The van der Waals surface area contributed by atoms with Gasteiger partial charge in [-0.1, -0.05) is 6.07 Å². The molecule has 1 aromatic heterocycles. The van der Waals surface area contributed by atoms with Crippen molar-refractivity contribution in [2.45, 2.75) is 6.42 Å². The standard InChI is InChI=1S/C15H15N3O4/c1-20-15(19)11-3-5-14(18-17-11)16-7-6-10-2-4-12-13(8-10)22-9-21-12/h2-5,8H,6-7,9H2,1H3,(H,16,18). The van der Waals surface area contributed by atoms with Gasteiger partial charge < -0.3 is 19.5 Å². The summed E-state index contributed by atoms with van der Waals surface area (Å²) in [6.07, 6.45) is 0.803. The van der Waals surface area contributed by atoms with Crippen LogP contribution in [0.2, 0.25) is 0 Å². The molecule has 0 saturated heterocycles. The van der Waals surface area contributed by atoms with Crippen LogP contribution in [-0.2, 0) is 11.2 Å². The molecule has 2 aromatic rings. The Hall–Kier alpha value is -2.83. The predicted octanol–water partition coefficient (Wildman–Crippen LogP) is 1.65. The normalized spacial score (nSPS) is 12.0. The largest absolute Gasteiger partial charge is 0.464 e. The molecule has 0 saturated carbocycles. The van der Waals surface area contributed by atoms with E-state index in [0.29, 0.717) is 12.4 Å². The van der Waals surface area contributed by atoms with Gasteiger partial charge in [0.1, 0.15) is 5.82 Å². The van der Waals surface area contributed by atoms with E-state index >= 15 is 0 Å². The minimum atomic E-state index is -0.501. The maximum atomic E-state index is 11.2. The Morgan fingerprint density at radius 1 is 1.23 bits per heavy atom. The van der Waals surface area contributed by atoms with Crippen molar-refractivity contribution in [3.63, 3.8) is 0 Å². The summed E-state index contributed by atoms with van der Waals surface area (Å²) >= 11 is 0. The molecule has 0 unspecified atom stereocenters. The summed E-state index contributed by atoms with van der Waals surface area (Å²) in [5, 5.41) is 10.9. The van der Waals surface area contributed by atoms with E-state index in [9.17, 15) is 4.79 Å². The Labute approximate surface area is 127 Å². The van der Waals surface area contributed by atoms with Gasteiger partial charge in [0.15, 0.2) is 17.2 Å². The molecule has 2 heterocycles. The van der Waals surface area contributed by atoms with Crippen molar-refractivity contribution in [3.05, 3.63) is 41.6 Å². The van der Waals surface area contributed by atoms with Crippen LogP contribution in [0.15, 0.2) is 30.3 Å². The van der Waals surface area contributed by atoms with Crippen LogP contribution in [-0.4, -0.2) is 36.6 Å². The molecule has 1 aromatic carbocycles. The van der Waals surface area contributed by atoms with Crippen LogP contribution in [0, 0.1) is 0 Å². The number of rotatable bonds is 5. The molecule has 1 N–H and O–H groups in total. The molecule has 3 rings (SSSR count). The smallest absolute Gasteiger partial charge is 0.358 e. The van der Waals surface area contributed by atoms with E-state index in [1.54, 1.807) is 12.1 Å². The zero-order chi connectivity index (χ0) is 15.4. The minimum absolute atomic E-state index is 0.184. The third kappa shape index (κ3) is 3.08. The molecule has 0 fully saturated rings. The first-order chi connectivity index (χ1) is 10.8. The van der Waals surface area contributed by atoms with Crippen molar-refractivity contribution in [3.8, 4) is 11.5 Å². The topological polar surface area (TPSA) is 82.6 Å². The van der Waals surface area contributed by atoms with E-state index in [1.165, 1.54) is 7.11 Å². The van der Waals surface area contributed by atoms with Gasteiger partial charge in [-0.2, -0.15) is 0 Å². The lowest BCUT2D eigenvalue weighted by Crippen LogP contribution is -2.10. The quantitative estimate of drug-likeness (QED) is 0.841. The first-order valence-electron chi connectivity index (χ1n) is 6.81. The minimum Gasteiger partial charge on any atom is -0.464 e. The zero-order valence-electron chi connectivity index (χ0n) is 12.0. The first kappa shape index (κ1) is 14.1. The van der Waals surface area contributed by atoms with Gasteiger partial charge >= 0.3 is 5.97 Å². The third-order valence-electron chi connectivity index (χ3n) is 3.22. The Kier molecular flexibility index (Phi) is 4.04. The molecule has 0 atom stereocenters. The molecular weight excluding hydrogens is 286 g/mol. The average molecular weight is 301 g/mol. The van der Waals surface area contributed by atoms with Crippen LogP contribution in [0.25, 0.3) is 0 Å². The Morgan fingerprint density at radius 3 is 2.86 bits per heavy atom. The summed E-state index contributed by atoms with van der Waals surface area (Å²) in [5.41, 5.74) is 1.32. The third-order valence-corrected chi connectivity index (χ3v) is 3.22. The number of aromatic nitrogens is 2. The lowest BCUT2D eigenvalue weighted by Gasteiger charge is -2.06. The molecule has 1 aliphatic heterocycles. The molecule has 114 valence electrons. The Morgan fingerprint density at radius 2 is 2.09 bits per heavy atom. The summed E-state index contributed by atoms with van der Waals surface area (Å²) in [7, 11) is 1.31. The monoisotopic (exact) mass is 301 g/mol. The number of nitrogens with one attached hydrogen (secondary N) is 1. The molecule has 0 amide bonds. The van der Waals surface area contributed by atoms with Gasteiger partial charge in [0, 0.05) is 6.54 Å². The van der Waals surface area contributed by atoms with Gasteiger partial charge in [0.05, 0.1) is 7.11 Å². The van der Waals surface area contributed by atoms with E-state index in [0.717, 1.165) is 23.5 Å². The van der Waals surface area contributed by atoms with Crippen molar-refractivity contribution in [2.24, 2.45) is 0 Å². The van der Waals surface area contributed by atoms with Crippen LogP contribution in [0.5, 0.6) is 11.5 Å². The molecule has 22 heavy (non-hydrogen) atoms. The number of hydrogen-bond acceptors (Lipinski definition) is 7. The Balaban J connectivity index is 1.53. The fourth-order valence-corrected chi connectivity index (χ4v) is 2.07. The molecule has 7 nitrogen and oxygen atoms in total. The summed E-state index contributed by atoms with van der Waals surface area (Å²) in [5.74, 6) is 1.66. The lowest BCUT2D eigenvalue weighted by atomic mass is 10.1. The molecule has 0 bridgehead atoms. The highest BCUT2D eigenvalue weighted by atomic mass is 16.7. The number of benzene rings is 1. The number of nitrogens with zero attached hydrogens (tertiary/aromatic N) is 2. The fourth-order valence-electron chi connectivity index (χ4n) is 2.07. The number of carbonyl (C=O) groups excluding carboxylic acids is 1. The van der Waals surface area contributed by atoms with Crippen molar-refractivity contribution < 1.29 is 19.0 Å². The van der Waals surface area contributed by atoms with Crippen molar-refractivity contribution in [1.82, 2.24) is 10.2 Å². The van der Waals surface area contributed by atoms with E-state index < -0.39 is 5.97 Å². The van der Waals surface area contributed by atoms with Gasteiger partial charge in [-0.15, -0.1) is 10.2 Å². The second-order valence-electron chi connectivity index (χ2n) is 4.66. The molecule has 0 aliphatic carbocycles. The number of fused-ring (bicyclic) bond motifs is 1. The second-order valence-corrected chi connectivity index (χ2v) is 4.66. The average Bonchev–Trinajstić information content (AvgIpc) is 3.02. The molecule has 7 heteroatoms.